The molecule has 1 aromatic carbocycles. The van der Waals surface area contributed by atoms with Gasteiger partial charge in [0.2, 0.25) is 5.58 Å². The van der Waals surface area contributed by atoms with Crippen LogP contribution in [-0.4, -0.2) is 4.92 Å². The topological polar surface area (TPSA) is 99.4 Å². The number of rotatable bonds is 1. The Hall–Kier alpha value is -1.89. The molecular weight excluding hydrogens is 280 g/mol. The molecule has 16 heavy (non-hydrogen) atoms. The molecule has 0 fully saturated rings. The van der Waals surface area contributed by atoms with Gasteiger partial charge in [0.15, 0.2) is 0 Å². The van der Waals surface area contributed by atoms with Crippen LogP contribution in [0, 0.1) is 10.1 Å². The van der Waals surface area contributed by atoms with E-state index in [1.165, 1.54) is 12.1 Å². The molecule has 82 valence electrons. The number of nitro benzene ring substituents is 1. The lowest BCUT2D eigenvalue weighted by atomic mass is 10.2. The van der Waals surface area contributed by atoms with Gasteiger partial charge in [-0.05, 0) is 12.1 Å². The number of nitro groups is 1. The minimum atomic E-state index is -0.780. The van der Waals surface area contributed by atoms with Crippen LogP contribution in [-0.2, 0) is 0 Å². The predicted molar refractivity (Wildman–Crippen MR) is 61.3 cm³/mol. The second kappa shape index (κ2) is 3.60. The van der Waals surface area contributed by atoms with Crippen molar-refractivity contribution in [2.24, 2.45) is 0 Å². The zero-order valence-corrected chi connectivity index (χ0v) is 9.35. The van der Waals surface area contributed by atoms with Gasteiger partial charge in [0.1, 0.15) is 5.69 Å². The van der Waals surface area contributed by atoms with E-state index in [1.54, 1.807) is 6.07 Å². The minimum absolute atomic E-state index is 0.0765. The maximum atomic E-state index is 11.2. The van der Waals surface area contributed by atoms with Crippen LogP contribution in [0.5, 0.6) is 0 Å². The molecule has 7 heteroatoms. The fourth-order valence-electron chi connectivity index (χ4n) is 1.33. The molecule has 0 aliphatic carbocycles. The highest BCUT2D eigenvalue weighted by Crippen LogP contribution is 2.29. The summed E-state index contributed by atoms with van der Waals surface area (Å²) in [5.74, 6) is 0. The Labute approximate surface area is 96.9 Å². The van der Waals surface area contributed by atoms with E-state index in [0.29, 0.717) is 9.86 Å². The lowest BCUT2D eigenvalue weighted by Crippen LogP contribution is -2.06. The first-order chi connectivity index (χ1) is 7.49. The number of nitrogens with zero attached hydrogens (tertiary/aromatic N) is 1. The van der Waals surface area contributed by atoms with E-state index in [0.717, 1.165) is 0 Å². The van der Waals surface area contributed by atoms with Crippen molar-refractivity contribution in [2.75, 3.05) is 5.73 Å². The highest BCUT2D eigenvalue weighted by molar-refractivity contribution is 9.10. The zero-order valence-electron chi connectivity index (χ0n) is 7.77. The molecule has 0 saturated heterocycles. The Kier molecular flexibility index (Phi) is 2.39. The first-order valence-corrected chi connectivity index (χ1v) is 4.95. The van der Waals surface area contributed by atoms with Crippen molar-refractivity contribution in [1.82, 2.24) is 0 Å². The second-order valence-electron chi connectivity index (χ2n) is 3.09. The van der Waals surface area contributed by atoms with Gasteiger partial charge in [0.25, 0.3) is 0 Å². The van der Waals surface area contributed by atoms with E-state index >= 15 is 0 Å². The number of hydrogen-bond donors (Lipinski definition) is 1. The van der Waals surface area contributed by atoms with Crippen molar-refractivity contribution in [3.8, 4) is 0 Å². The molecule has 0 bridgehead atoms. The van der Waals surface area contributed by atoms with E-state index in [1.807, 2.05) is 0 Å². The summed E-state index contributed by atoms with van der Waals surface area (Å²) in [4.78, 5) is 21.3. The smallest absolute Gasteiger partial charge is 0.359 e. The highest BCUT2D eigenvalue weighted by atomic mass is 79.9. The summed E-state index contributed by atoms with van der Waals surface area (Å²) < 4.78 is 5.31. The highest BCUT2D eigenvalue weighted by Gasteiger charge is 2.17. The summed E-state index contributed by atoms with van der Waals surface area (Å²) in [6.07, 6.45) is 0. The van der Waals surface area contributed by atoms with Crippen molar-refractivity contribution in [3.05, 3.63) is 43.2 Å². The summed E-state index contributed by atoms with van der Waals surface area (Å²) in [7, 11) is 0. The van der Waals surface area contributed by atoms with Gasteiger partial charge in [0, 0.05) is 15.9 Å². The van der Waals surface area contributed by atoms with Crippen molar-refractivity contribution in [1.29, 1.82) is 0 Å². The molecule has 0 aliphatic heterocycles. The maximum absolute atomic E-state index is 11.2. The maximum Gasteiger partial charge on any atom is 0.359 e. The molecule has 1 heterocycles. The fraction of sp³-hybridized carbons (Fsp3) is 0. The molecule has 2 rings (SSSR count). The van der Waals surface area contributed by atoms with Gasteiger partial charge in [0.05, 0.1) is 4.92 Å². The van der Waals surface area contributed by atoms with Crippen LogP contribution < -0.4 is 11.4 Å². The van der Waals surface area contributed by atoms with E-state index < -0.39 is 10.5 Å². The number of benzene rings is 1. The Morgan fingerprint density at radius 3 is 2.69 bits per heavy atom. The summed E-state index contributed by atoms with van der Waals surface area (Å²) >= 11 is 3.13. The number of hydrogen-bond acceptors (Lipinski definition) is 5. The lowest BCUT2D eigenvalue weighted by Gasteiger charge is -2.00. The largest absolute Gasteiger partial charge is 0.414 e. The van der Waals surface area contributed by atoms with Gasteiger partial charge in [-0.3, -0.25) is 10.1 Å². The molecular formula is C9H5BrN2O4. The van der Waals surface area contributed by atoms with Gasteiger partial charge in [-0.25, -0.2) is 4.79 Å². The lowest BCUT2D eigenvalue weighted by molar-refractivity contribution is -0.383. The molecule has 2 aromatic rings. The normalized spacial score (nSPS) is 10.6. The molecule has 2 N–H and O–H groups in total. The van der Waals surface area contributed by atoms with Crippen molar-refractivity contribution < 1.29 is 9.34 Å². The monoisotopic (exact) mass is 284 g/mol. The van der Waals surface area contributed by atoms with Crippen molar-refractivity contribution in [3.63, 3.8) is 0 Å². The Morgan fingerprint density at radius 2 is 2.06 bits per heavy atom. The van der Waals surface area contributed by atoms with Crippen LogP contribution >= 0.6 is 15.9 Å². The third-order valence-electron chi connectivity index (χ3n) is 2.00. The van der Waals surface area contributed by atoms with Crippen LogP contribution in [0.25, 0.3) is 11.0 Å². The summed E-state index contributed by atoms with van der Waals surface area (Å²) in [5, 5.41) is 11.2. The second-order valence-corrected chi connectivity index (χ2v) is 4.01. The number of halogens is 1. The van der Waals surface area contributed by atoms with Crippen LogP contribution in [0.15, 0.2) is 31.9 Å². The molecule has 6 nitrogen and oxygen atoms in total. The third-order valence-corrected chi connectivity index (χ3v) is 2.46. The number of fused-ring (bicyclic) bond motifs is 1. The van der Waals surface area contributed by atoms with Gasteiger partial charge in [-0.1, -0.05) is 15.9 Å². The Bertz CT molecular complexity index is 650. The quantitative estimate of drug-likeness (QED) is 0.491. The summed E-state index contributed by atoms with van der Waals surface area (Å²) in [6.45, 7) is 0. The average Bonchev–Trinajstić information content (AvgIpc) is 2.19. The number of non-ortho nitro benzene ring substituents is 1. The fourth-order valence-corrected chi connectivity index (χ4v) is 1.80. The number of nitrogen functional groups attached to an aromatic ring is 1. The summed E-state index contributed by atoms with van der Waals surface area (Å²) in [6, 6.07) is 4.20. The van der Waals surface area contributed by atoms with Crippen molar-refractivity contribution in [2.45, 2.75) is 0 Å². The van der Waals surface area contributed by atoms with Gasteiger partial charge in [-0.2, -0.15) is 0 Å². The molecule has 0 unspecified atom stereocenters. The van der Waals surface area contributed by atoms with Gasteiger partial charge >= 0.3 is 11.3 Å². The van der Waals surface area contributed by atoms with E-state index in [-0.39, 0.29) is 17.0 Å². The van der Waals surface area contributed by atoms with E-state index in [2.05, 4.69) is 15.9 Å². The molecule has 0 radical (unpaired) electrons. The van der Waals surface area contributed by atoms with Crippen molar-refractivity contribution >= 4 is 38.3 Å². The van der Waals surface area contributed by atoms with Gasteiger partial charge < -0.3 is 10.2 Å². The standard InChI is InChI=1S/C9H5BrN2O4/c10-5-1-4-2-6(11)9(13)16-8(4)7(3-5)12(14)15/h1-3H,11H2. The SMILES string of the molecule is Nc1cc2cc(Br)cc([N+](=O)[O-])c2oc1=O. The first kappa shape index (κ1) is 10.6. The van der Waals surface area contributed by atoms with Crippen LogP contribution in [0.4, 0.5) is 11.4 Å². The Balaban J connectivity index is 2.96. The predicted octanol–water partition coefficient (Wildman–Crippen LogP) is 2.05. The van der Waals surface area contributed by atoms with Crippen LogP contribution in [0.2, 0.25) is 0 Å². The van der Waals surface area contributed by atoms with Crippen LogP contribution in [0.1, 0.15) is 0 Å². The van der Waals surface area contributed by atoms with Gasteiger partial charge in [-0.15, -0.1) is 0 Å². The summed E-state index contributed by atoms with van der Waals surface area (Å²) in [5.41, 5.74) is 4.15. The molecule has 0 saturated carbocycles. The zero-order chi connectivity index (χ0) is 11.9. The molecule has 0 atom stereocenters. The van der Waals surface area contributed by atoms with E-state index in [4.69, 9.17) is 10.2 Å². The molecule has 1 aromatic heterocycles. The van der Waals surface area contributed by atoms with Crippen LogP contribution in [0.3, 0.4) is 0 Å². The molecule has 0 aliphatic rings. The minimum Gasteiger partial charge on any atom is -0.414 e. The first-order valence-electron chi connectivity index (χ1n) is 4.16. The Morgan fingerprint density at radius 1 is 1.38 bits per heavy atom. The molecule has 0 amide bonds. The van der Waals surface area contributed by atoms with E-state index in [9.17, 15) is 14.9 Å². The number of nitrogens with two attached hydrogens (primary N) is 1. The number of anilines is 1. The average molecular weight is 285 g/mol. The molecule has 0 spiro atoms. The third kappa shape index (κ3) is 1.65.